The number of nitrogens with zero attached hydrogens (tertiary/aromatic N) is 2. The van der Waals surface area contributed by atoms with Gasteiger partial charge in [-0.15, -0.1) is 16.8 Å². The molecule has 0 unspecified atom stereocenters. The predicted octanol–water partition coefficient (Wildman–Crippen LogP) is 2.74. The van der Waals surface area contributed by atoms with Gasteiger partial charge in [0.05, 0.1) is 5.56 Å². The Kier molecular flexibility index (Phi) is 4.72. The number of nitrogens with one attached hydrogen (secondary N) is 2. The van der Waals surface area contributed by atoms with Crippen molar-refractivity contribution in [2.24, 2.45) is 0 Å². The van der Waals surface area contributed by atoms with Gasteiger partial charge in [0.2, 0.25) is 0 Å². The number of hydrogen-bond donors (Lipinski definition) is 2. The van der Waals surface area contributed by atoms with Gasteiger partial charge in [-0.2, -0.15) is 0 Å². The summed E-state index contributed by atoms with van der Waals surface area (Å²) in [5.41, 5.74) is -0.630. The molecule has 1 aromatic heterocycles. The van der Waals surface area contributed by atoms with Gasteiger partial charge >= 0.3 is 0 Å². The first kappa shape index (κ1) is 15.5. The Morgan fingerprint density at radius 3 is 2.41 bits per heavy atom. The predicted molar refractivity (Wildman–Crippen MR) is 75.0 cm³/mol. The number of anilines is 2. The van der Waals surface area contributed by atoms with E-state index in [-0.39, 0.29) is 5.82 Å². The number of carbonyl (C=O) groups is 1. The largest absolute Gasteiger partial charge is 0.365 e. The molecule has 1 heterocycles. The molecule has 114 valence electrons. The third kappa shape index (κ3) is 3.40. The van der Waals surface area contributed by atoms with Gasteiger partial charge in [-0.3, -0.25) is 4.79 Å². The van der Waals surface area contributed by atoms with Gasteiger partial charge in [-0.25, -0.2) is 13.2 Å². The molecule has 2 aromatic rings. The van der Waals surface area contributed by atoms with Crippen LogP contribution >= 0.6 is 0 Å². The van der Waals surface area contributed by atoms with Crippen LogP contribution in [0.2, 0.25) is 0 Å². The second-order valence-electron chi connectivity index (χ2n) is 4.15. The van der Waals surface area contributed by atoms with Crippen LogP contribution in [-0.2, 0) is 0 Å². The average molecular weight is 308 g/mol. The number of halogens is 3. The Labute approximate surface area is 123 Å². The third-order valence-corrected chi connectivity index (χ3v) is 2.61. The Morgan fingerprint density at radius 1 is 1.09 bits per heavy atom. The van der Waals surface area contributed by atoms with Crippen molar-refractivity contribution in [3.63, 3.8) is 0 Å². The first-order chi connectivity index (χ1) is 10.5. The number of benzene rings is 1. The van der Waals surface area contributed by atoms with Crippen LogP contribution in [0, 0.1) is 17.5 Å². The molecule has 0 spiro atoms. The summed E-state index contributed by atoms with van der Waals surface area (Å²) in [7, 11) is 0. The van der Waals surface area contributed by atoms with Crippen LogP contribution < -0.4 is 10.6 Å². The summed E-state index contributed by atoms with van der Waals surface area (Å²) < 4.78 is 39.4. The summed E-state index contributed by atoms with van der Waals surface area (Å²) >= 11 is 0. The van der Waals surface area contributed by atoms with Crippen molar-refractivity contribution < 1.29 is 18.0 Å². The molecule has 0 radical (unpaired) electrons. The molecule has 0 fully saturated rings. The first-order valence-electron chi connectivity index (χ1n) is 6.16. The molecule has 0 atom stereocenters. The normalized spacial score (nSPS) is 10.1. The van der Waals surface area contributed by atoms with Gasteiger partial charge in [0.15, 0.2) is 23.3 Å². The van der Waals surface area contributed by atoms with Crippen LogP contribution in [0.1, 0.15) is 10.4 Å². The smallest absolute Gasteiger partial charge is 0.259 e. The number of rotatable bonds is 5. The average Bonchev–Trinajstić information content (AvgIpc) is 2.52. The van der Waals surface area contributed by atoms with Crippen molar-refractivity contribution in [2.45, 2.75) is 0 Å². The lowest BCUT2D eigenvalue weighted by Gasteiger charge is -2.07. The van der Waals surface area contributed by atoms with Gasteiger partial charge in [-0.1, -0.05) is 6.08 Å². The molecule has 1 amide bonds. The van der Waals surface area contributed by atoms with E-state index in [1.165, 1.54) is 12.1 Å². The van der Waals surface area contributed by atoms with Crippen LogP contribution in [0.5, 0.6) is 0 Å². The van der Waals surface area contributed by atoms with Gasteiger partial charge < -0.3 is 10.6 Å². The zero-order valence-corrected chi connectivity index (χ0v) is 11.2. The number of aromatic nitrogens is 2. The zero-order valence-electron chi connectivity index (χ0n) is 11.2. The summed E-state index contributed by atoms with van der Waals surface area (Å²) in [6.45, 7) is 4.01. The molecule has 2 rings (SSSR count). The molecule has 0 saturated carbocycles. The monoisotopic (exact) mass is 308 g/mol. The maximum atomic E-state index is 13.5. The molecule has 0 aliphatic rings. The topological polar surface area (TPSA) is 66.9 Å². The van der Waals surface area contributed by atoms with Gasteiger partial charge in [-0.05, 0) is 24.3 Å². The van der Waals surface area contributed by atoms with Crippen LogP contribution in [-0.4, -0.2) is 22.6 Å². The van der Waals surface area contributed by atoms with E-state index in [0.717, 1.165) is 6.07 Å². The van der Waals surface area contributed by atoms with E-state index in [1.54, 1.807) is 6.08 Å². The Bertz CT molecular complexity index is 704. The third-order valence-electron chi connectivity index (χ3n) is 2.61. The van der Waals surface area contributed by atoms with E-state index in [9.17, 15) is 18.0 Å². The maximum absolute atomic E-state index is 13.5. The summed E-state index contributed by atoms with van der Waals surface area (Å²) in [5, 5.41) is 12.6. The first-order valence-corrected chi connectivity index (χ1v) is 6.16. The van der Waals surface area contributed by atoms with Crippen molar-refractivity contribution in [1.29, 1.82) is 0 Å². The molecule has 0 aliphatic carbocycles. The SMILES string of the molecule is C=CCNc1ccc(NC(=O)c2ccc(F)c(F)c2F)nn1. The van der Waals surface area contributed by atoms with E-state index in [0.29, 0.717) is 18.4 Å². The molecular formula is C14H11F3N4O. The van der Waals surface area contributed by atoms with Crippen LogP contribution in [0.25, 0.3) is 0 Å². The molecule has 0 bridgehead atoms. The second-order valence-corrected chi connectivity index (χ2v) is 4.15. The highest BCUT2D eigenvalue weighted by Crippen LogP contribution is 2.16. The molecule has 0 aliphatic heterocycles. The van der Waals surface area contributed by atoms with Crippen molar-refractivity contribution >= 4 is 17.5 Å². The Hall–Kier alpha value is -2.90. The van der Waals surface area contributed by atoms with E-state index in [4.69, 9.17) is 0 Å². The molecule has 5 nitrogen and oxygen atoms in total. The zero-order chi connectivity index (χ0) is 16.1. The fourth-order valence-corrected chi connectivity index (χ4v) is 1.55. The molecule has 22 heavy (non-hydrogen) atoms. The van der Waals surface area contributed by atoms with Gasteiger partial charge in [0.25, 0.3) is 5.91 Å². The number of hydrogen-bond acceptors (Lipinski definition) is 4. The van der Waals surface area contributed by atoms with E-state index >= 15 is 0 Å². The standard InChI is InChI=1S/C14H11F3N4O/c1-2-7-18-10-5-6-11(21-20-10)19-14(22)8-3-4-9(15)13(17)12(8)16/h2-6H,1,7H2,(H,18,20)(H,19,21,22). The molecular weight excluding hydrogens is 297 g/mol. The number of carbonyl (C=O) groups excluding carboxylic acids is 1. The lowest BCUT2D eigenvalue weighted by Crippen LogP contribution is -2.16. The fourth-order valence-electron chi connectivity index (χ4n) is 1.55. The van der Waals surface area contributed by atoms with Crippen molar-refractivity contribution in [1.82, 2.24) is 10.2 Å². The molecule has 1 aromatic carbocycles. The highest BCUT2D eigenvalue weighted by Gasteiger charge is 2.19. The summed E-state index contributed by atoms with van der Waals surface area (Å²) in [6, 6.07) is 4.47. The van der Waals surface area contributed by atoms with Crippen LogP contribution in [0.3, 0.4) is 0 Å². The van der Waals surface area contributed by atoms with Crippen LogP contribution in [0.15, 0.2) is 36.9 Å². The summed E-state index contributed by atoms with van der Waals surface area (Å²) in [4.78, 5) is 11.8. The molecule has 8 heteroatoms. The van der Waals surface area contributed by atoms with E-state index in [2.05, 4.69) is 27.4 Å². The minimum absolute atomic E-state index is 0.0401. The van der Waals surface area contributed by atoms with Crippen molar-refractivity contribution in [2.75, 3.05) is 17.2 Å². The fraction of sp³-hybridized carbons (Fsp3) is 0.0714. The summed E-state index contributed by atoms with van der Waals surface area (Å²) in [5.74, 6) is -5.10. The van der Waals surface area contributed by atoms with Crippen molar-refractivity contribution in [3.05, 3.63) is 59.9 Å². The minimum atomic E-state index is -1.71. The Morgan fingerprint density at radius 2 is 1.77 bits per heavy atom. The van der Waals surface area contributed by atoms with E-state index in [1.807, 2.05) is 0 Å². The van der Waals surface area contributed by atoms with E-state index < -0.39 is 28.9 Å². The molecule has 2 N–H and O–H groups in total. The maximum Gasteiger partial charge on any atom is 0.259 e. The molecule has 0 saturated heterocycles. The highest BCUT2D eigenvalue weighted by molar-refractivity contribution is 6.03. The van der Waals surface area contributed by atoms with Gasteiger partial charge in [0.1, 0.15) is 5.82 Å². The number of amides is 1. The van der Waals surface area contributed by atoms with Crippen molar-refractivity contribution in [3.8, 4) is 0 Å². The van der Waals surface area contributed by atoms with Crippen LogP contribution in [0.4, 0.5) is 24.8 Å². The quantitative estimate of drug-likeness (QED) is 0.658. The second kappa shape index (κ2) is 6.70. The minimum Gasteiger partial charge on any atom is -0.365 e. The lowest BCUT2D eigenvalue weighted by atomic mass is 10.2. The highest BCUT2D eigenvalue weighted by atomic mass is 19.2. The Balaban J connectivity index is 2.12. The summed E-state index contributed by atoms with van der Waals surface area (Å²) in [6.07, 6.45) is 1.63. The lowest BCUT2D eigenvalue weighted by molar-refractivity contribution is 0.102. The van der Waals surface area contributed by atoms with Gasteiger partial charge in [0, 0.05) is 6.54 Å².